The SMILES string of the molecule is COc1ncc(CN2CCCC(c3ccn[nH]3)C2)cn1. The van der Waals surface area contributed by atoms with Gasteiger partial charge in [-0.1, -0.05) is 0 Å². The Morgan fingerprint density at radius 2 is 2.25 bits per heavy atom. The van der Waals surface area contributed by atoms with Gasteiger partial charge in [0.1, 0.15) is 0 Å². The maximum Gasteiger partial charge on any atom is 0.316 e. The summed E-state index contributed by atoms with van der Waals surface area (Å²) in [6.07, 6.45) is 7.93. The average Bonchev–Trinajstić information content (AvgIpc) is 3.03. The van der Waals surface area contributed by atoms with Gasteiger partial charge in [0.25, 0.3) is 0 Å². The second-order valence-corrected chi connectivity index (χ2v) is 5.16. The summed E-state index contributed by atoms with van der Waals surface area (Å²) in [5.74, 6) is 0.547. The van der Waals surface area contributed by atoms with Gasteiger partial charge >= 0.3 is 6.01 Å². The molecule has 2 aromatic rings. The Labute approximate surface area is 118 Å². The molecular weight excluding hydrogens is 254 g/mol. The third-order valence-corrected chi connectivity index (χ3v) is 3.74. The maximum absolute atomic E-state index is 4.98. The molecule has 6 heteroatoms. The third kappa shape index (κ3) is 2.96. The van der Waals surface area contributed by atoms with Gasteiger partial charge in [0.05, 0.1) is 7.11 Å². The normalized spacial score (nSPS) is 19.9. The predicted molar refractivity (Wildman–Crippen MR) is 74.4 cm³/mol. The average molecular weight is 273 g/mol. The van der Waals surface area contributed by atoms with Gasteiger partial charge in [-0.05, 0) is 25.5 Å². The van der Waals surface area contributed by atoms with Gasteiger partial charge in [-0.15, -0.1) is 0 Å². The van der Waals surface area contributed by atoms with Crippen molar-refractivity contribution in [2.75, 3.05) is 20.2 Å². The van der Waals surface area contributed by atoms with E-state index in [1.807, 2.05) is 18.6 Å². The van der Waals surface area contributed by atoms with Crippen LogP contribution in [0.5, 0.6) is 6.01 Å². The first-order chi connectivity index (χ1) is 9.85. The summed E-state index contributed by atoms with van der Waals surface area (Å²) in [5.41, 5.74) is 2.36. The molecule has 0 saturated carbocycles. The largest absolute Gasteiger partial charge is 0.467 e. The van der Waals surface area contributed by atoms with E-state index in [1.165, 1.54) is 18.5 Å². The molecule has 106 valence electrons. The van der Waals surface area contributed by atoms with Crippen molar-refractivity contribution in [1.29, 1.82) is 0 Å². The van der Waals surface area contributed by atoms with E-state index in [4.69, 9.17) is 4.74 Å². The molecule has 0 aliphatic carbocycles. The van der Waals surface area contributed by atoms with Gasteiger partial charge in [-0.3, -0.25) is 10.00 Å². The minimum Gasteiger partial charge on any atom is -0.467 e. The number of likely N-dealkylation sites (tertiary alicyclic amines) is 1. The number of H-pyrrole nitrogens is 1. The van der Waals surface area contributed by atoms with Crippen LogP contribution in [-0.4, -0.2) is 45.3 Å². The molecule has 3 rings (SSSR count). The zero-order valence-corrected chi connectivity index (χ0v) is 11.6. The number of ether oxygens (including phenoxy) is 1. The van der Waals surface area contributed by atoms with Crippen LogP contribution in [0.3, 0.4) is 0 Å². The van der Waals surface area contributed by atoms with E-state index in [2.05, 4.69) is 31.1 Å². The number of nitrogens with one attached hydrogen (secondary N) is 1. The lowest BCUT2D eigenvalue weighted by atomic mass is 9.95. The van der Waals surface area contributed by atoms with Gasteiger partial charge in [-0.25, -0.2) is 9.97 Å². The van der Waals surface area contributed by atoms with Crippen LogP contribution in [0.25, 0.3) is 0 Å². The number of nitrogens with zero attached hydrogens (tertiary/aromatic N) is 4. The molecule has 1 unspecified atom stereocenters. The van der Waals surface area contributed by atoms with E-state index < -0.39 is 0 Å². The molecule has 1 atom stereocenters. The molecule has 20 heavy (non-hydrogen) atoms. The molecule has 1 fully saturated rings. The molecular formula is C14H19N5O. The number of methoxy groups -OCH3 is 1. The van der Waals surface area contributed by atoms with Crippen molar-refractivity contribution < 1.29 is 4.74 Å². The van der Waals surface area contributed by atoms with Crippen molar-refractivity contribution in [2.24, 2.45) is 0 Å². The molecule has 1 N–H and O–H groups in total. The van der Waals surface area contributed by atoms with Crippen LogP contribution in [-0.2, 0) is 6.54 Å². The van der Waals surface area contributed by atoms with Crippen LogP contribution in [0.1, 0.15) is 30.0 Å². The van der Waals surface area contributed by atoms with Crippen molar-refractivity contribution in [3.8, 4) is 6.01 Å². The monoisotopic (exact) mass is 273 g/mol. The minimum absolute atomic E-state index is 0.419. The standard InChI is InChI=1S/C14H19N5O/c1-20-14-15-7-11(8-16-14)9-19-6-2-3-12(10-19)13-4-5-17-18-13/h4-5,7-8,12H,2-3,6,9-10H2,1H3,(H,17,18). The first kappa shape index (κ1) is 13.1. The Hall–Kier alpha value is -1.95. The van der Waals surface area contributed by atoms with E-state index in [0.717, 1.165) is 25.2 Å². The van der Waals surface area contributed by atoms with Crippen molar-refractivity contribution in [2.45, 2.75) is 25.3 Å². The fourth-order valence-corrected chi connectivity index (χ4v) is 2.74. The van der Waals surface area contributed by atoms with Gasteiger partial charge in [-0.2, -0.15) is 5.10 Å². The zero-order valence-electron chi connectivity index (χ0n) is 11.6. The first-order valence-electron chi connectivity index (χ1n) is 6.91. The lowest BCUT2D eigenvalue weighted by Gasteiger charge is -2.32. The second kappa shape index (κ2) is 6.00. The first-order valence-corrected chi connectivity index (χ1v) is 6.91. The van der Waals surface area contributed by atoms with Crippen LogP contribution >= 0.6 is 0 Å². The molecule has 2 aromatic heterocycles. The Morgan fingerprint density at radius 1 is 1.40 bits per heavy atom. The highest BCUT2D eigenvalue weighted by Gasteiger charge is 2.22. The molecule has 0 amide bonds. The lowest BCUT2D eigenvalue weighted by molar-refractivity contribution is 0.198. The topological polar surface area (TPSA) is 66.9 Å². The summed E-state index contributed by atoms with van der Waals surface area (Å²) in [6, 6.07) is 2.49. The van der Waals surface area contributed by atoms with E-state index in [-0.39, 0.29) is 0 Å². The van der Waals surface area contributed by atoms with Gasteiger partial charge in [0.15, 0.2) is 0 Å². The summed E-state index contributed by atoms with van der Waals surface area (Å²) in [4.78, 5) is 10.8. The Bertz CT molecular complexity index is 525. The quantitative estimate of drug-likeness (QED) is 0.916. The summed E-state index contributed by atoms with van der Waals surface area (Å²) < 4.78 is 4.98. The second-order valence-electron chi connectivity index (χ2n) is 5.16. The van der Waals surface area contributed by atoms with Gasteiger partial charge < -0.3 is 4.74 Å². The molecule has 1 saturated heterocycles. The fourth-order valence-electron chi connectivity index (χ4n) is 2.74. The van der Waals surface area contributed by atoms with E-state index in [9.17, 15) is 0 Å². The summed E-state index contributed by atoms with van der Waals surface area (Å²) >= 11 is 0. The zero-order chi connectivity index (χ0) is 13.8. The van der Waals surface area contributed by atoms with Gasteiger partial charge in [0, 0.05) is 48.9 Å². The van der Waals surface area contributed by atoms with Crippen molar-refractivity contribution in [1.82, 2.24) is 25.1 Å². The molecule has 1 aliphatic rings. The highest BCUT2D eigenvalue weighted by atomic mass is 16.5. The molecule has 6 nitrogen and oxygen atoms in total. The lowest BCUT2D eigenvalue weighted by Crippen LogP contribution is -2.34. The number of aromatic nitrogens is 4. The van der Waals surface area contributed by atoms with E-state index >= 15 is 0 Å². The molecule has 0 bridgehead atoms. The number of hydrogen-bond acceptors (Lipinski definition) is 5. The predicted octanol–water partition coefficient (Wildman–Crippen LogP) is 1.59. The molecule has 1 aliphatic heterocycles. The molecule has 3 heterocycles. The highest BCUT2D eigenvalue weighted by molar-refractivity contribution is 5.10. The van der Waals surface area contributed by atoms with Crippen molar-refractivity contribution in [3.63, 3.8) is 0 Å². The van der Waals surface area contributed by atoms with Crippen molar-refractivity contribution in [3.05, 3.63) is 35.9 Å². The minimum atomic E-state index is 0.419. The van der Waals surface area contributed by atoms with Crippen LogP contribution < -0.4 is 4.74 Å². The summed E-state index contributed by atoms with van der Waals surface area (Å²) in [6.45, 7) is 3.06. The summed E-state index contributed by atoms with van der Waals surface area (Å²) in [7, 11) is 1.58. The highest BCUT2D eigenvalue weighted by Crippen LogP contribution is 2.26. The molecule has 0 aromatic carbocycles. The number of aromatic amines is 1. The van der Waals surface area contributed by atoms with Crippen molar-refractivity contribution >= 4 is 0 Å². The number of piperidine rings is 1. The number of hydrogen-bond donors (Lipinski definition) is 1. The Balaban J connectivity index is 1.62. The molecule has 0 radical (unpaired) electrons. The third-order valence-electron chi connectivity index (χ3n) is 3.74. The van der Waals surface area contributed by atoms with Gasteiger partial charge in [0.2, 0.25) is 0 Å². The van der Waals surface area contributed by atoms with E-state index in [1.54, 1.807) is 7.11 Å². The maximum atomic E-state index is 4.98. The van der Waals surface area contributed by atoms with Crippen LogP contribution in [0.4, 0.5) is 0 Å². The molecule has 0 spiro atoms. The fraction of sp³-hybridized carbons (Fsp3) is 0.500. The number of rotatable bonds is 4. The Kier molecular flexibility index (Phi) is 3.92. The smallest absolute Gasteiger partial charge is 0.316 e. The van der Waals surface area contributed by atoms with Crippen LogP contribution in [0.15, 0.2) is 24.7 Å². The Morgan fingerprint density at radius 3 is 2.95 bits per heavy atom. The van der Waals surface area contributed by atoms with E-state index in [0.29, 0.717) is 11.9 Å². The van der Waals surface area contributed by atoms with Crippen LogP contribution in [0, 0.1) is 0 Å². The summed E-state index contributed by atoms with van der Waals surface area (Å²) in [5, 5.41) is 7.14. The van der Waals surface area contributed by atoms with Crippen LogP contribution in [0.2, 0.25) is 0 Å².